The van der Waals surface area contributed by atoms with Crippen molar-refractivity contribution < 1.29 is 4.79 Å². The van der Waals surface area contributed by atoms with Crippen LogP contribution in [0.5, 0.6) is 0 Å². The van der Waals surface area contributed by atoms with Gasteiger partial charge in [-0.05, 0) is 25.1 Å². The van der Waals surface area contributed by atoms with Crippen molar-refractivity contribution in [2.75, 3.05) is 5.32 Å². The Balaban J connectivity index is 1.89. The summed E-state index contributed by atoms with van der Waals surface area (Å²) in [5.41, 5.74) is 8.03. The van der Waals surface area contributed by atoms with E-state index in [1.165, 1.54) is 11.3 Å². The van der Waals surface area contributed by atoms with Crippen molar-refractivity contribution in [3.05, 3.63) is 46.5 Å². The normalized spacial score (nSPS) is 12.5. The molecule has 3 rings (SSSR count). The summed E-state index contributed by atoms with van der Waals surface area (Å²) in [6.07, 6.45) is 1.97. The second kappa shape index (κ2) is 5.31. The molecule has 0 radical (unpaired) electrons. The summed E-state index contributed by atoms with van der Waals surface area (Å²) < 4.78 is 2.02. The van der Waals surface area contributed by atoms with Gasteiger partial charge in [0.25, 0.3) is 5.91 Å². The van der Waals surface area contributed by atoms with Crippen molar-refractivity contribution in [2.45, 2.75) is 13.0 Å². The summed E-state index contributed by atoms with van der Waals surface area (Å²) in [5, 5.41) is 6.43. The minimum atomic E-state index is -0.213. The number of aryl methyl sites for hydroxylation is 1. The second-order valence-corrected chi connectivity index (χ2v) is 5.87. The van der Waals surface area contributed by atoms with Gasteiger partial charge < -0.3 is 15.6 Å². The highest BCUT2D eigenvalue weighted by atomic mass is 32.1. The number of amides is 1. The van der Waals surface area contributed by atoms with E-state index < -0.39 is 0 Å². The lowest BCUT2D eigenvalue weighted by molar-refractivity contribution is 0.102. The van der Waals surface area contributed by atoms with Crippen LogP contribution in [0.25, 0.3) is 10.9 Å². The highest BCUT2D eigenvalue weighted by Crippen LogP contribution is 2.25. The Bertz CT molecular complexity index is 803. The number of rotatable bonds is 3. The molecule has 6 heteroatoms. The second-order valence-electron chi connectivity index (χ2n) is 4.98. The molecule has 21 heavy (non-hydrogen) atoms. The molecule has 2 heterocycles. The zero-order valence-electron chi connectivity index (χ0n) is 11.8. The minimum absolute atomic E-state index is 0.158. The van der Waals surface area contributed by atoms with Gasteiger partial charge in [0.1, 0.15) is 10.7 Å². The fraction of sp³-hybridized carbons (Fsp3) is 0.200. The third kappa shape index (κ3) is 2.55. The van der Waals surface area contributed by atoms with Crippen LogP contribution < -0.4 is 11.1 Å². The van der Waals surface area contributed by atoms with Gasteiger partial charge in [0.2, 0.25) is 0 Å². The van der Waals surface area contributed by atoms with Gasteiger partial charge in [-0.1, -0.05) is 6.07 Å². The van der Waals surface area contributed by atoms with Crippen LogP contribution in [0.3, 0.4) is 0 Å². The molecule has 2 aromatic heterocycles. The molecule has 0 aliphatic rings. The summed E-state index contributed by atoms with van der Waals surface area (Å²) in [6.45, 7) is 1.85. The van der Waals surface area contributed by atoms with Crippen LogP contribution in [0.1, 0.15) is 28.5 Å². The molecule has 3 aromatic rings. The van der Waals surface area contributed by atoms with Crippen molar-refractivity contribution in [3.8, 4) is 0 Å². The lowest BCUT2D eigenvalue weighted by Gasteiger charge is -2.06. The van der Waals surface area contributed by atoms with Gasteiger partial charge in [-0.25, -0.2) is 4.98 Å². The summed E-state index contributed by atoms with van der Waals surface area (Å²) >= 11 is 1.40. The number of carbonyl (C=O) groups is 1. The molecule has 108 valence electrons. The third-order valence-corrected chi connectivity index (χ3v) is 4.37. The van der Waals surface area contributed by atoms with Gasteiger partial charge in [0.15, 0.2) is 0 Å². The minimum Gasteiger partial charge on any atom is -0.350 e. The molecule has 0 fully saturated rings. The van der Waals surface area contributed by atoms with E-state index in [9.17, 15) is 4.79 Å². The van der Waals surface area contributed by atoms with Crippen LogP contribution in [0.4, 0.5) is 5.69 Å². The van der Waals surface area contributed by atoms with Gasteiger partial charge >= 0.3 is 0 Å². The Hall–Kier alpha value is -2.18. The number of hydrogen-bond acceptors (Lipinski definition) is 4. The average molecular weight is 300 g/mol. The fourth-order valence-corrected chi connectivity index (χ4v) is 2.96. The fourth-order valence-electron chi connectivity index (χ4n) is 2.20. The zero-order chi connectivity index (χ0) is 15.0. The third-order valence-electron chi connectivity index (χ3n) is 3.32. The summed E-state index contributed by atoms with van der Waals surface area (Å²) in [6, 6.07) is 7.65. The number of thiazole rings is 1. The molecule has 0 aliphatic heterocycles. The topological polar surface area (TPSA) is 72.9 Å². The molecule has 0 aliphatic carbocycles. The van der Waals surface area contributed by atoms with Crippen LogP contribution in [0.15, 0.2) is 35.8 Å². The smallest absolute Gasteiger partial charge is 0.275 e. The highest BCUT2D eigenvalue weighted by Gasteiger charge is 2.14. The van der Waals surface area contributed by atoms with E-state index in [1.807, 2.05) is 49.0 Å². The molecule has 0 spiro atoms. The van der Waals surface area contributed by atoms with E-state index in [-0.39, 0.29) is 11.9 Å². The maximum Gasteiger partial charge on any atom is 0.275 e. The quantitative estimate of drug-likeness (QED) is 0.781. The van der Waals surface area contributed by atoms with E-state index in [4.69, 9.17) is 5.73 Å². The molecular weight excluding hydrogens is 284 g/mol. The number of nitrogens with one attached hydrogen (secondary N) is 1. The average Bonchev–Trinajstić information content (AvgIpc) is 3.07. The first-order valence-electron chi connectivity index (χ1n) is 6.62. The van der Waals surface area contributed by atoms with Crippen molar-refractivity contribution >= 4 is 33.8 Å². The molecule has 0 saturated carbocycles. The van der Waals surface area contributed by atoms with Crippen molar-refractivity contribution in [2.24, 2.45) is 12.8 Å². The Labute approximate surface area is 126 Å². The van der Waals surface area contributed by atoms with Crippen molar-refractivity contribution in [1.82, 2.24) is 9.55 Å². The molecule has 1 atom stereocenters. The Morgan fingerprint density at radius 2 is 2.24 bits per heavy atom. The number of carbonyl (C=O) groups excluding carboxylic acids is 1. The van der Waals surface area contributed by atoms with Crippen molar-refractivity contribution in [3.63, 3.8) is 0 Å². The summed E-state index contributed by atoms with van der Waals surface area (Å²) in [5.74, 6) is -0.213. The maximum absolute atomic E-state index is 12.3. The number of hydrogen-bond donors (Lipinski definition) is 2. The van der Waals surface area contributed by atoms with Crippen LogP contribution in [-0.4, -0.2) is 15.5 Å². The SMILES string of the molecule is CC(N)c1nc(C(=O)Nc2cccc3c2ccn3C)cs1. The molecule has 0 saturated heterocycles. The van der Waals surface area contributed by atoms with Crippen LogP contribution in [0.2, 0.25) is 0 Å². The number of anilines is 1. The zero-order valence-corrected chi connectivity index (χ0v) is 12.6. The van der Waals surface area contributed by atoms with Crippen LogP contribution in [-0.2, 0) is 7.05 Å². The van der Waals surface area contributed by atoms with E-state index >= 15 is 0 Å². The first-order chi connectivity index (χ1) is 10.1. The van der Waals surface area contributed by atoms with E-state index in [2.05, 4.69) is 10.3 Å². The number of benzene rings is 1. The lowest BCUT2D eigenvalue weighted by atomic mass is 10.2. The van der Waals surface area contributed by atoms with Gasteiger partial charge in [-0.2, -0.15) is 0 Å². The first kappa shape index (κ1) is 13.8. The number of nitrogens with zero attached hydrogens (tertiary/aromatic N) is 2. The monoisotopic (exact) mass is 300 g/mol. The maximum atomic E-state index is 12.3. The molecule has 0 bridgehead atoms. The standard InChI is InChI=1S/C15H16N4OS/c1-9(16)15-18-12(8-21-15)14(20)17-11-4-3-5-13-10(11)6-7-19(13)2/h3-9H,16H2,1-2H3,(H,17,20). The molecule has 3 N–H and O–H groups in total. The van der Waals surface area contributed by atoms with Crippen LogP contribution >= 0.6 is 11.3 Å². The Kier molecular flexibility index (Phi) is 3.48. The molecule has 5 nitrogen and oxygen atoms in total. The number of aromatic nitrogens is 2. The van der Waals surface area contributed by atoms with Gasteiger partial charge in [-0.3, -0.25) is 4.79 Å². The van der Waals surface area contributed by atoms with Gasteiger partial charge in [-0.15, -0.1) is 11.3 Å². The number of fused-ring (bicyclic) bond motifs is 1. The van der Waals surface area contributed by atoms with Gasteiger partial charge in [0, 0.05) is 29.5 Å². The molecule has 1 unspecified atom stereocenters. The highest BCUT2D eigenvalue weighted by molar-refractivity contribution is 7.09. The first-order valence-corrected chi connectivity index (χ1v) is 7.50. The van der Waals surface area contributed by atoms with E-state index in [1.54, 1.807) is 5.38 Å². The molecule has 1 aromatic carbocycles. The summed E-state index contributed by atoms with van der Waals surface area (Å²) in [7, 11) is 1.98. The lowest BCUT2D eigenvalue weighted by Crippen LogP contribution is -2.13. The molecular formula is C15H16N4OS. The van der Waals surface area contributed by atoms with E-state index in [0.717, 1.165) is 21.6 Å². The van der Waals surface area contributed by atoms with Crippen LogP contribution in [0, 0.1) is 0 Å². The number of nitrogens with two attached hydrogens (primary N) is 1. The summed E-state index contributed by atoms with van der Waals surface area (Å²) in [4.78, 5) is 16.6. The largest absolute Gasteiger partial charge is 0.350 e. The molecule has 1 amide bonds. The van der Waals surface area contributed by atoms with E-state index in [0.29, 0.717) is 5.69 Å². The Morgan fingerprint density at radius 3 is 2.95 bits per heavy atom. The Morgan fingerprint density at radius 1 is 1.43 bits per heavy atom. The van der Waals surface area contributed by atoms with Crippen molar-refractivity contribution in [1.29, 1.82) is 0 Å². The predicted molar refractivity (Wildman–Crippen MR) is 85.6 cm³/mol. The van der Waals surface area contributed by atoms with Gasteiger partial charge in [0.05, 0.1) is 11.7 Å². The predicted octanol–water partition coefficient (Wildman–Crippen LogP) is 2.91.